The van der Waals surface area contributed by atoms with E-state index in [1.54, 1.807) is 35.2 Å². The molecule has 0 bridgehead atoms. The third kappa shape index (κ3) is 5.21. The Morgan fingerprint density at radius 1 is 1.24 bits per heavy atom. The van der Waals surface area contributed by atoms with Crippen LogP contribution in [-0.2, 0) is 6.54 Å². The van der Waals surface area contributed by atoms with Crippen LogP contribution in [0.5, 0.6) is 0 Å². The Morgan fingerprint density at radius 2 is 1.95 bits per heavy atom. The van der Waals surface area contributed by atoms with Gasteiger partial charge in [-0.25, -0.2) is 0 Å². The van der Waals surface area contributed by atoms with Crippen LogP contribution < -0.4 is 5.32 Å². The highest BCUT2D eigenvalue weighted by Gasteiger charge is 2.09. The number of rotatable bonds is 7. The fraction of sp³-hybridized carbons (Fsp3) is 0.385. The summed E-state index contributed by atoms with van der Waals surface area (Å²) >= 11 is 3.71. The van der Waals surface area contributed by atoms with Crippen molar-refractivity contribution in [3.05, 3.63) is 34.8 Å². The van der Waals surface area contributed by atoms with Gasteiger partial charge in [0.05, 0.1) is 6.54 Å². The van der Waals surface area contributed by atoms with Crippen molar-refractivity contribution in [3.8, 4) is 0 Å². The molecule has 0 aliphatic carbocycles. The molecule has 0 radical (unpaired) electrons. The van der Waals surface area contributed by atoms with Crippen molar-refractivity contribution in [2.45, 2.75) is 34.5 Å². The zero-order valence-electron chi connectivity index (χ0n) is 11.5. The molecule has 1 N–H and O–H groups in total. The van der Waals surface area contributed by atoms with Gasteiger partial charge in [-0.15, -0.1) is 10.2 Å². The van der Waals surface area contributed by atoms with Crippen LogP contribution in [0.1, 0.15) is 23.5 Å². The first-order chi connectivity index (χ1) is 10.1. The van der Waals surface area contributed by atoms with E-state index in [9.17, 15) is 8.78 Å². The Hall–Kier alpha value is -0.700. The van der Waals surface area contributed by atoms with E-state index in [0.29, 0.717) is 23.2 Å². The van der Waals surface area contributed by atoms with Gasteiger partial charge in [0, 0.05) is 10.9 Å². The van der Waals surface area contributed by atoms with Crippen molar-refractivity contribution in [2.24, 2.45) is 0 Å². The predicted octanol–water partition coefficient (Wildman–Crippen LogP) is 4.43. The Labute approximate surface area is 134 Å². The van der Waals surface area contributed by atoms with Crippen molar-refractivity contribution < 1.29 is 8.78 Å². The maximum atomic E-state index is 12.3. The number of nitrogens with zero attached hydrogens (tertiary/aromatic N) is 2. The quantitative estimate of drug-likeness (QED) is 0.750. The number of hydrogen-bond acceptors (Lipinski definition) is 6. The van der Waals surface area contributed by atoms with Crippen LogP contribution >= 0.6 is 34.9 Å². The highest BCUT2D eigenvalue weighted by atomic mass is 32.2. The molecule has 1 atom stereocenters. The van der Waals surface area contributed by atoms with Gasteiger partial charge in [-0.2, -0.15) is 8.78 Å². The number of hydrogen-bond donors (Lipinski definition) is 1. The first kappa shape index (κ1) is 16.7. The molecule has 1 heterocycles. The second-order valence-electron chi connectivity index (χ2n) is 4.22. The van der Waals surface area contributed by atoms with Gasteiger partial charge in [0.2, 0.25) is 0 Å². The van der Waals surface area contributed by atoms with E-state index in [1.807, 2.05) is 25.3 Å². The molecule has 0 fully saturated rings. The van der Waals surface area contributed by atoms with E-state index in [2.05, 4.69) is 15.5 Å². The van der Waals surface area contributed by atoms with E-state index in [-0.39, 0.29) is 6.04 Å². The number of nitrogens with one attached hydrogen (secondary N) is 1. The third-order valence-corrected chi connectivity index (χ3v) is 5.41. The molecule has 21 heavy (non-hydrogen) atoms. The largest absolute Gasteiger partial charge is 0.304 e. The van der Waals surface area contributed by atoms with Crippen LogP contribution in [0, 0.1) is 0 Å². The fourth-order valence-corrected chi connectivity index (χ4v) is 3.45. The van der Waals surface area contributed by atoms with Crippen molar-refractivity contribution in [3.63, 3.8) is 0 Å². The molecule has 0 saturated carbocycles. The van der Waals surface area contributed by atoms with Gasteiger partial charge in [-0.05, 0) is 30.9 Å². The summed E-state index contributed by atoms with van der Waals surface area (Å²) in [5.41, 5.74) is 1.06. The summed E-state index contributed by atoms with van der Waals surface area (Å²) in [6, 6.07) is 7.31. The summed E-state index contributed by atoms with van der Waals surface area (Å²) in [6.45, 7) is 2.68. The summed E-state index contributed by atoms with van der Waals surface area (Å²) in [4.78, 5) is 0.578. The minimum atomic E-state index is -2.38. The predicted molar refractivity (Wildman–Crippen MR) is 85.2 cm³/mol. The summed E-state index contributed by atoms with van der Waals surface area (Å²) in [5, 5.41) is 12.4. The molecule has 0 spiro atoms. The fourth-order valence-electron chi connectivity index (χ4n) is 1.69. The van der Waals surface area contributed by atoms with Gasteiger partial charge in [0.15, 0.2) is 4.34 Å². The van der Waals surface area contributed by atoms with Gasteiger partial charge in [-0.3, -0.25) is 0 Å². The molecule has 0 aliphatic rings. The zero-order valence-corrected chi connectivity index (χ0v) is 14.0. The summed E-state index contributed by atoms with van der Waals surface area (Å²) in [5.74, 6) is -2.38. The average molecular weight is 347 g/mol. The molecule has 1 aromatic carbocycles. The molecule has 1 aromatic heterocycles. The zero-order chi connectivity index (χ0) is 15.2. The second-order valence-corrected chi connectivity index (χ2v) is 7.39. The molecule has 8 heteroatoms. The lowest BCUT2D eigenvalue weighted by atomic mass is 10.1. The number of alkyl halides is 2. The molecule has 0 amide bonds. The van der Waals surface area contributed by atoms with E-state index in [4.69, 9.17) is 0 Å². The molecule has 0 aliphatic heterocycles. The van der Waals surface area contributed by atoms with E-state index < -0.39 is 5.76 Å². The van der Waals surface area contributed by atoms with Gasteiger partial charge in [0.1, 0.15) is 5.01 Å². The maximum Gasteiger partial charge on any atom is 0.288 e. The molecule has 0 saturated heterocycles. The van der Waals surface area contributed by atoms with E-state index in [0.717, 1.165) is 14.9 Å². The van der Waals surface area contributed by atoms with Crippen LogP contribution in [0.25, 0.3) is 0 Å². The first-order valence-electron chi connectivity index (χ1n) is 6.23. The van der Waals surface area contributed by atoms with Crippen LogP contribution in [0.3, 0.4) is 0 Å². The van der Waals surface area contributed by atoms with Gasteiger partial charge in [-0.1, -0.05) is 47.0 Å². The Kier molecular flexibility index (Phi) is 6.40. The summed E-state index contributed by atoms with van der Waals surface area (Å²) in [7, 11) is 0. The van der Waals surface area contributed by atoms with E-state index in [1.165, 1.54) is 0 Å². The minimum absolute atomic E-state index is 0.122. The Bertz CT molecular complexity index is 560. The number of aromatic nitrogens is 2. The van der Waals surface area contributed by atoms with Crippen molar-refractivity contribution in [1.29, 1.82) is 0 Å². The molecule has 2 aromatic rings. The maximum absolute atomic E-state index is 12.3. The van der Waals surface area contributed by atoms with Crippen molar-refractivity contribution in [2.75, 3.05) is 6.26 Å². The second kappa shape index (κ2) is 8.07. The van der Waals surface area contributed by atoms with Gasteiger partial charge >= 0.3 is 0 Å². The van der Waals surface area contributed by atoms with Gasteiger partial charge in [0.25, 0.3) is 5.76 Å². The SMILES string of the molecule is CSc1nnc(CN[C@H](C)c2ccc(SC(F)F)cc2)s1. The third-order valence-electron chi connectivity index (χ3n) is 2.79. The van der Waals surface area contributed by atoms with E-state index >= 15 is 0 Å². The Morgan fingerprint density at radius 3 is 2.52 bits per heavy atom. The molecule has 0 unspecified atom stereocenters. The molecule has 3 nitrogen and oxygen atoms in total. The smallest absolute Gasteiger partial charge is 0.288 e. The van der Waals surface area contributed by atoms with Gasteiger partial charge < -0.3 is 5.32 Å². The lowest BCUT2D eigenvalue weighted by Crippen LogP contribution is -2.17. The number of thioether (sulfide) groups is 2. The van der Waals surface area contributed by atoms with Crippen molar-refractivity contribution in [1.82, 2.24) is 15.5 Å². The van der Waals surface area contributed by atoms with Crippen LogP contribution in [0.2, 0.25) is 0 Å². The van der Waals surface area contributed by atoms with Crippen LogP contribution in [0.15, 0.2) is 33.5 Å². The lowest BCUT2D eigenvalue weighted by Gasteiger charge is -2.13. The van der Waals surface area contributed by atoms with Crippen LogP contribution in [0.4, 0.5) is 8.78 Å². The summed E-state index contributed by atoms with van der Waals surface area (Å²) in [6.07, 6.45) is 1.97. The molecule has 114 valence electrons. The number of benzene rings is 1. The molecule has 2 rings (SSSR count). The highest BCUT2D eigenvalue weighted by Crippen LogP contribution is 2.26. The lowest BCUT2D eigenvalue weighted by molar-refractivity contribution is 0.252. The standard InChI is InChI=1S/C13H15F2N3S3/c1-8(16-7-11-17-18-13(19-2)21-11)9-3-5-10(6-4-9)20-12(14)15/h3-6,8,12,16H,7H2,1-2H3/t8-/m1/s1. The number of halogens is 2. The molecular weight excluding hydrogens is 332 g/mol. The highest BCUT2D eigenvalue weighted by molar-refractivity contribution is 8.00. The topological polar surface area (TPSA) is 37.8 Å². The average Bonchev–Trinajstić information content (AvgIpc) is 2.93. The monoisotopic (exact) mass is 347 g/mol. The first-order valence-corrected chi connectivity index (χ1v) is 9.15. The van der Waals surface area contributed by atoms with Crippen LogP contribution in [-0.4, -0.2) is 22.2 Å². The molecular formula is C13H15F2N3S3. The van der Waals surface area contributed by atoms with Crippen molar-refractivity contribution >= 4 is 34.9 Å². The summed E-state index contributed by atoms with van der Waals surface area (Å²) < 4.78 is 25.5. The Balaban J connectivity index is 1.89. The normalized spacial score (nSPS) is 12.8. The minimum Gasteiger partial charge on any atom is -0.304 e.